The predicted octanol–water partition coefficient (Wildman–Crippen LogP) is 3.37. The van der Waals surface area contributed by atoms with E-state index in [2.05, 4.69) is 46.5 Å². The van der Waals surface area contributed by atoms with Crippen molar-refractivity contribution in [1.82, 2.24) is 24.2 Å². The molecule has 0 amide bonds. The van der Waals surface area contributed by atoms with Gasteiger partial charge in [0.15, 0.2) is 5.82 Å². The maximum atomic E-state index is 5.84. The van der Waals surface area contributed by atoms with Crippen LogP contribution in [-0.4, -0.2) is 50.5 Å². The lowest BCUT2D eigenvalue weighted by Gasteiger charge is -2.26. The van der Waals surface area contributed by atoms with Crippen LogP contribution < -0.4 is 0 Å². The Morgan fingerprint density at radius 1 is 1.15 bits per heavy atom. The molecule has 7 heteroatoms. The summed E-state index contributed by atoms with van der Waals surface area (Å²) in [4.78, 5) is 6.57. The Morgan fingerprint density at radius 2 is 1.96 bits per heavy atom. The molecule has 1 aliphatic heterocycles. The molecule has 0 bridgehead atoms. The van der Waals surface area contributed by atoms with Crippen molar-refractivity contribution in [3.05, 3.63) is 58.6 Å². The van der Waals surface area contributed by atoms with Crippen LogP contribution >= 0.6 is 12.2 Å². The van der Waals surface area contributed by atoms with E-state index in [0.29, 0.717) is 11.4 Å². The Bertz CT molecular complexity index is 989. The van der Waals surface area contributed by atoms with Gasteiger partial charge in [-0.05, 0) is 49.8 Å². The standard InChI is InChI=1S/C20H23N5OS/c1-15-5-6-18(16(2)12-15)25-19(17-4-3-7-21-13-17)22-24(20(25)27)14-23-8-10-26-11-9-23/h3-7,12-13H,8-11,14H2,1-2H3. The number of rotatable bonds is 4. The van der Waals surface area contributed by atoms with Crippen molar-refractivity contribution in [2.24, 2.45) is 0 Å². The summed E-state index contributed by atoms with van der Waals surface area (Å²) in [7, 11) is 0. The number of aryl methyl sites for hydroxylation is 2. The van der Waals surface area contributed by atoms with Crippen molar-refractivity contribution in [2.75, 3.05) is 26.3 Å². The second-order valence-corrected chi connectivity index (χ2v) is 7.21. The second kappa shape index (κ2) is 7.72. The first-order valence-corrected chi connectivity index (χ1v) is 9.52. The zero-order valence-corrected chi connectivity index (χ0v) is 16.4. The maximum absolute atomic E-state index is 5.84. The lowest BCUT2D eigenvalue weighted by molar-refractivity contribution is 0.0210. The van der Waals surface area contributed by atoms with Crippen LogP contribution in [0.4, 0.5) is 0 Å². The van der Waals surface area contributed by atoms with Crippen LogP contribution in [0.2, 0.25) is 0 Å². The molecule has 2 aromatic heterocycles. The van der Waals surface area contributed by atoms with E-state index in [9.17, 15) is 0 Å². The lowest BCUT2D eigenvalue weighted by atomic mass is 10.1. The Morgan fingerprint density at radius 3 is 2.67 bits per heavy atom. The zero-order chi connectivity index (χ0) is 18.8. The molecule has 140 valence electrons. The van der Waals surface area contributed by atoms with Crippen LogP contribution in [0.15, 0.2) is 42.7 Å². The zero-order valence-electron chi connectivity index (χ0n) is 15.6. The minimum Gasteiger partial charge on any atom is -0.379 e. The number of nitrogens with zero attached hydrogens (tertiary/aromatic N) is 5. The molecule has 0 unspecified atom stereocenters. The molecule has 0 atom stereocenters. The molecule has 1 fully saturated rings. The first-order chi connectivity index (χ1) is 13.1. The fourth-order valence-electron chi connectivity index (χ4n) is 3.39. The summed E-state index contributed by atoms with van der Waals surface area (Å²) in [6.07, 6.45) is 3.60. The Labute approximate surface area is 164 Å². The van der Waals surface area contributed by atoms with Crippen molar-refractivity contribution in [3.8, 4) is 17.1 Å². The number of pyridine rings is 1. The van der Waals surface area contributed by atoms with Gasteiger partial charge >= 0.3 is 0 Å². The van der Waals surface area contributed by atoms with E-state index in [-0.39, 0.29) is 0 Å². The van der Waals surface area contributed by atoms with E-state index in [4.69, 9.17) is 22.1 Å². The van der Waals surface area contributed by atoms with E-state index in [0.717, 1.165) is 43.4 Å². The highest BCUT2D eigenvalue weighted by Gasteiger charge is 2.18. The molecule has 0 N–H and O–H groups in total. The topological polar surface area (TPSA) is 48.1 Å². The molecule has 1 aromatic carbocycles. The molecule has 3 aromatic rings. The molecular weight excluding hydrogens is 358 g/mol. The summed E-state index contributed by atoms with van der Waals surface area (Å²) in [5.41, 5.74) is 4.40. The minimum absolute atomic E-state index is 0.660. The Kier molecular flexibility index (Phi) is 5.15. The van der Waals surface area contributed by atoms with E-state index in [1.807, 2.05) is 23.0 Å². The molecule has 3 heterocycles. The van der Waals surface area contributed by atoms with Gasteiger partial charge in [0, 0.05) is 31.0 Å². The van der Waals surface area contributed by atoms with Crippen LogP contribution in [-0.2, 0) is 11.4 Å². The van der Waals surface area contributed by atoms with Gasteiger partial charge in [0.05, 0.1) is 25.6 Å². The molecule has 27 heavy (non-hydrogen) atoms. The Balaban J connectivity index is 1.83. The third-order valence-electron chi connectivity index (χ3n) is 4.79. The highest BCUT2D eigenvalue weighted by atomic mass is 32.1. The van der Waals surface area contributed by atoms with Gasteiger partial charge in [0.25, 0.3) is 0 Å². The van der Waals surface area contributed by atoms with Gasteiger partial charge in [-0.25, -0.2) is 4.68 Å². The summed E-state index contributed by atoms with van der Waals surface area (Å²) in [6, 6.07) is 10.3. The van der Waals surface area contributed by atoms with Gasteiger partial charge in [0.1, 0.15) is 0 Å². The van der Waals surface area contributed by atoms with Crippen molar-refractivity contribution >= 4 is 12.2 Å². The van der Waals surface area contributed by atoms with Crippen LogP contribution in [0, 0.1) is 18.6 Å². The molecular formula is C20H23N5OS. The SMILES string of the molecule is Cc1ccc(-n2c(-c3cccnc3)nn(CN3CCOCC3)c2=S)c(C)c1. The van der Waals surface area contributed by atoms with Crippen LogP contribution in [0.3, 0.4) is 0 Å². The third kappa shape index (κ3) is 3.71. The van der Waals surface area contributed by atoms with Crippen molar-refractivity contribution in [1.29, 1.82) is 0 Å². The molecule has 0 aliphatic carbocycles. The number of morpholine rings is 1. The maximum Gasteiger partial charge on any atom is 0.204 e. The summed E-state index contributed by atoms with van der Waals surface area (Å²) in [5, 5.41) is 4.87. The second-order valence-electron chi connectivity index (χ2n) is 6.84. The normalized spacial score (nSPS) is 15.2. The van der Waals surface area contributed by atoms with Gasteiger partial charge < -0.3 is 4.74 Å². The van der Waals surface area contributed by atoms with Gasteiger partial charge in [-0.2, -0.15) is 0 Å². The van der Waals surface area contributed by atoms with E-state index in [1.165, 1.54) is 11.1 Å². The first-order valence-electron chi connectivity index (χ1n) is 9.11. The molecule has 1 saturated heterocycles. The number of ether oxygens (including phenoxy) is 1. The third-order valence-corrected chi connectivity index (χ3v) is 5.18. The molecule has 0 spiro atoms. The molecule has 6 nitrogen and oxygen atoms in total. The number of hydrogen-bond donors (Lipinski definition) is 0. The summed E-state index contributed by atoms with van der Waals surface area (Å²) < 4.78 is 10.1. The summed E-state index contributed by atoms with van der Waals surface area (Å²) >= 11 is 5.84. The van der Waals surface area contributed by atoms with E-state index >= 15 is 0 Å². The minimum atomic E-state index is 0.660. The van der Waals surface area contributed by atoms with E-state index < -0.39 is 0 Å². The van der Waals surface area contributed by atoms with Crippen LogP contribution in [0.5, 0.6) is 0 Å². The van der Waals surface area contributed by atoms with Gasteiger partial charge in [-0.1, -0.05) is 17.7 Å². The van der Waals surface area contributed by atoms with Crippen molar-refractivity contribution < 1.29 is 4.74 Å². The van der Waals surface area contributed by atoms with E-state index in [1.54, 1.807) is 6.20 Å². The van der Waals surface area contributed by atoms with Crippen molar-refractivity contribution in [2.45, 2.75) is 20.5 Å². The highest BCUT2D eigenvalue weighted by Crippen LogP contribution is 2.25. The molecule has 0 radical (unpaired) electrons. The van der Waals surface area contributed by atoms with Gasteiger partial charge in [-0.3, -0.25) is 14.5 Å². The fourth-order valence-corrected chi connectivity index (χ4v) is 3.67. The average Bonchev–Trinajstić information content (AvgIpc) is 3.00. The van der Waals surface area contributed by atoms with Gasteiger partial charge in [0.2, 0.25) is 4.77 Å². The first kappa shape index (κ1) is 18.0. The monoisotopic (exact) mass is 381 g/mol. The lowest BCUT2D eigenvalue weighted by Crippen LogP contribution is -2.37. The summed E-state index contributed by atoms with van der Waals surface area (Å²) in [5.74, 6) is 0.813. The number of hydrogen-bond acceptors (Lipinski definition) is 5. The highest BCUT2D eigenvalue weighted by molar-refractivity contribution is 7.71. The average molecular weight is 382 g/mol. The molecule has 0 saturated carbocycles. The van der Waals surface area contributed by atoms with Crippen LogP contribution in [0.1, 0.15) is 11.1 Å². The summed E-state index contributed by atoms with van der Waals surface area (Å²) in [6.45, 7) is 8.14. The van der Waals surface area contributed by atoms with Crippen molar-refractivity contribution in [3.63, 3.8) is 0 Å². The quantitative estimate of drug-likeness (QED) is 0.649. The fraction of sp³-hybridized carbons (Fsp3) is 0.350. The largest absolute Gasteiger partial charge is 0.379 e. The smallest absolute Gasteiger partial charge is 0.204 e. The molecule has 1 aliphatic rings. The molecule has 4 rings (SSSR count). The Hall–Kier alpha value is -2.35. The van der Waals surface area contributed by atoms with Gasteiger partial charge in [-0.15, -0.1) is 5.10 Å². The number of aromatic nitrogens is 4. The van der Waals surface area contributed by atoms with Crippen LogP contribution in [0.25, 0.3) is 17.1 Å². The predicted molar refractivity (Wildman–Crippen MR) is 107 cm³/mol. The number of benzene rings is 1.